The Morgan fingerprint density at radius 3 is 2.47 bits per heavy atom. The van der Waals surface area contributed by atoms with Crippen LogP contribution in [0.1, 0.15) is 13.8 Å². The van der Waals surface area contributed by atoms with E-state index in [1.165, 1.54) is 6.07 Å². The molecule has 0 spiro atoms. The molecular weight excluding hydrogens is 267 g/mol. The number of anilines is 3. The minimum absolute atomic E-state index is 0.0506. The van der Waals surface area contributed by atoms with E-state index in [2.05, 4.69) is 25.8 Å². The van der Waals surface area contributed by atoms with Crippen LogP contribution in [0.25, 0.3) is 0 Å². The zero-order chi connectivity index (χ0) is 14.4. The van der Waals surface area contributed by atoms with Crippen molar-refractivity contribution in [1.82, 2.24) is 4.90 Å². The lowest BCUT2D eigenvalue weighted by atomic mass is 9.99. The van der Waals surface area contributed by atoms with E-state index in [0.29, 0.717) is 24.5 Å². The van der Waals surface area contributed by atoms with Crippen molar-refractivity contribution in [2.24, 2.45) is 0 Å². The molecule has 1 aliphatic heterocycles. The zero-order valence-electron chi connectivity index (χ0n) is 11.5. The summed E-state index contributed by atoms with van der Waals surface area (Å²) in [6.07, 6.45) is 0. The lowest BCUT2D eigenvalue weighted by Gasteiger charge is -2.46. The highest BCUT2D eigenvalue weighted by molar-refractivity contribution is 6.33. The molecule has 19 heavy (non-hydrogen) atoms. The van der Waals surface area contributed by atoms with Crippen molar-refractivity contribution < 1.29 is 4.39 Å². The molecule has 0 saturated carbocycles. The lowest BCUT2D eigenvalue weighted by Crippen LogP contribution is -2.58. The molecule has 1 saturated heterocycles. The van der Waals surface area contributed by atoms with Crippen LogP contribution in [-0.2, 0) is 0 Å². The van der Waals surface area contributed by atoms with Crippen molar-refractivity contribution in [3.63, 3.8) is 0 Å². The fourth-order valence-electron chi connectivity index (χ4n) is 2.41. The third kappa shape index (κ3) is 2.44. The summed E-state index contributed by atoms with van der Waals surface area (Å²) in [6, 6.07) is 1.52. The maximum Gasteiger partial charge on any atom is 0.169 e. The fraction of sp³-hybridized carbons (Fsp3) is 0.538. The topological polar surface area (TPSA) is 58.5 Å². The molecule has 0 atom stereocenters. The van der Waals surface area contributed by atoms with Gasteiger partial charge in [0.25, 0.3) is 0 Å². The Bertz CT molecular complexity index is 504. The van der Waals surface area contributed by atoms with Crippen LogP contribution in [0.4, 0.5) is 21.5 Å². The number of nitrogens with two attached hydrogens (primary N) is 2. The van der Waals surface area contributed by atoms with Gasteiger partial charge in [0.05, 0.1) is 17.1 Å². The van der Waals surface area contributed by atoms with Gasteiger partial charge in [-0.2, -0.15) is 0 Å². The molecule has 0 aliphatic carbocycles. The van der Waals surface area contributed by atoms with Crippen LogP contribution in [0.2, 0.25) is 5.02 Å². The summed E-state index contributed by atoms with van der Waals surface area (Å²) >= 11 is 5.88. The first-order chi connectivity index (χ1) is 8.74. The van der Waals surface area contributed by atoms with Crippen molar-refractivity contribution >= 4 is 28.7 Å². The van der Waals surface area contributed by atoms with Crippen LogP contribution in [0.5, 0.6) is 0 Å². The number of benzene rings is 1. The number of hydrogen-bond donors (Lipinski definition) is 2. The molecule has 1 fully saturated rings. The van der Waals surface area contributed by atoms with Gasteiger partial charge in [-0.05, 0) is 27.0 Å². The van der Waals surface area contributed by atoms with Gasteiger partial charge in [0.15, 0.2) is 5.82 Å². The minimum atomic E-state index is -0.528. The summed E-state index contributed by atoms with van der Waals surface area (Å²) < 4.78 is 14.3. The van der Waals surface area contributed by atoms with E-state index >= 15 is 0 Å². The number of nitrogens with zero attached hydrogens (tertiary/aromatic N) is 2. The minimum Gasteiger partial charge on any atom is -0.397 e. The molecule has 1 heterocycles. The highest BCUT2D eigenvalue weighted by atomic mass is 35.5. The second-order valence-electron chi connectivity index (χ2n) is 5.69. The second kappa shape index (κ2) is 4.72. The Morgan fingerprint density at radius 2 is 1.89 bits per heavy atom. The maximum atomic E-state index is 14.3. The summed E-state index contributed by atoms with van der Waals surface area (Å²) in [5.74, 6) is -0.528. The molecule has 1 aromatic rings. The van der Waals surface area contributed by atoms with Gasteiger partial charge < -0.3 is 16.4 Å². The predicted octanol–water partition coefficient (Wildman–Crippen LogP) is 2.17. The zero-order valence-corrected chi connectivity index (χ0v) is 12.3. The Hall–Kier alpha value is -1.20. The number of likely N-dealkylation sites (N-methyl/N-ethyl adjacent to an activating group) is 1. The number of hydrogen-bond acceptors (Lipinski definition) is 4. The Balaban J connectivity index is 2.41. The Morgan fingerprint density at radius 1 is 1.26 bits per heavy atom. The molecular formula is C13H20ClFN4. The van der Waals surface area contributed by atoms with E-state index in [4.69, 9.17) is 23.1 Å². The van der Waals surface area contributed by atoms with Crippen molar-refractivity contribution in [1.29, 1.82) is 0 Å². The molecule has 0 amide bonds. The molecule has 1 aliphatic rings. The highest BCUT2D eigenvalue weighted by Gasteiger charge is 2.33. The first kappa shape index (κ1) is 14.2. The van der Waals surface area contributed by atoms with Crippen molar-refractivity contribution in [3.05, 3.63) is 16.9 Å². The summed E-state index contributed by atoms with van der Waals surface area (Å²) in [5.41, 5.74) is 12.3. The molecule has 0 aromatic heterocycles. The molecule has 6 heteroatoms. The van der Waals surface area contributed by atoms with Gasteiger partial charge in [0.2, 0.25) is 0 Å². The third-order valence-electron chi connectivity index (χ3n) is 3.87. The van der Waals surface area contributed by atoms with Gasteiger partial charge in [-0.3, -0.25) is 4.90 Å². The van der Waals surface area contributed by atoms with Crippen LogP contribution in [0.3, 0.4) is 0 Å². The number of nitrogen functional groups attached to an aromatic ring is 2. The average molecular weight is 287 g/mol. The molecule has 0 unspecified atom stereocenters. The number of piperazine rings is 1. The smallest absolute Gasteiger partial charge is 0.169 e. The van der Waals surface area contributed by atoms with E-state index in [9.17, 15) is 4.39 Å². The van der Waals surface area contributed by atoms with Crippen LogP contribution in [0.15, 0.2) is 6.07 Å². The summed E-state index contributed by atoms with van der Waals surface area (Å²) in [4.78, 5) is 4.19. The molecule has 4 N–H and O–H groups in total. The summed E-state index contributed by atoms with van der Waals surface area (Å²) in [7, 11) is 2.06. The molecule has 4 nitrogen and oxygen atoms in total. The van der Waals surface area contributed by atoms with Crippen LogP contribution < -0.4 is 16.4 Å². The van der Waals surface area contributed by atoms with Gasteiger partial charge in [-0.1, -0.05) is 11.6 Å². The summed E-state index contributed by atoms with van der Waals surface area (Å²) in [6.45, 7) is 6.47. The van der Waals surface area contributed by atoms with Gasteiger partial charge in [0, 0.05) is 25.2 Å². The highest BCUT2D eigenvalue weighted by Crippen LogP contribution is 2.37. The van der Waals surface area contributed by atoms with E-state index in [1.54, 1.807) is 0 Å². The first-order valence-electron chi connectivity index (χ1n) is 6.23. The van der Waals surface area contributed by atoms with Gasteiger partial charge >= 0.3 is 0 Å². The standard InChI is InChI=1S/C13H20ClFN4/c1-13(2)7-19(5-4-18(13)3)12-9(17)6-8(16)10(14)11(12)15/h6H,4-5,7,16-17H2,1-3H3. The quantitative estimate of drug-likeness (QED) is 0.777. The number of rotatable bonds is 1. The van der Waals surface area contributed by atoms with Gasteiger partial charge in [0.1, 0.15) is 5.02 Å². The van der Waals surface area contributed by atoms with Crippen molar-refractivity contribution in [3.8, 4) is 0 Å². The average Bonchev–Trinajstić information content (AvgIpc) is 2.30. The first-order valence-corrected chi connectivity index (χ1v) is 6.61. The van der Waals surface area contributed by atoms with Crippen LogP contribution >= 0.6 is 11.6 Å². The Kier molecular flexibility index (Phi) is 3.53. The number of halogens is 2. The van der Waals surface area contributed by atoms with E-state index in [1.807, 2.05) is 4.90 Å². The molecule has 0 bridgehead atoms. The van der Waals surface area contributed by atoms with E-state index < -0.39 is 5.82 Å². The van der Waals surface area contributed by atoms with E-state index in [0.717, 1.165) is 6.54 Å². The van der Waals surface area contributed by atoms with Crippen molar-refractivity contribution in [2.45, 2.75) is 19.4 Å². The Labute approximate surface area is 118 Å². The van der Waals surface area contributed by atoms with Crippen molar-refractivity contribution in [2.75, 3.05) is 43.0 Å². The molecule has 0 radical (unpaired) electrons. The molecule has 106 valence electrons. The van der Waals surface area contributed by atoms with Crippen LogP contribution in [0, 0.1) is 5.82 Å². The SMILES string of the molecule is CN1CCN(c2c(N)cc(N)c(Cl)c2F)CC1(C)C. The molecule has 1 aromatic carbocycles. The van der Waals surface area contributed by atoms with Gasteiger partial charge in [-0.15, -0.1) is 0 Å². The monoisotopic (exact) mass is 286 g/mol. The van der Waals surface area contributed by atoms with E-state index in [-0.39, 0.29) is 16.2 Å². The lowest BCUT2D eigenvalue weighted by molar-refractivity contribution is 0.138. The molecule has 2 rings (SSSR count). The van der Waals surface area contributed by atoms with Gasteiger partial charge in [-0.25, -0.2) is 4.39 Å². The summed E-state index contributed by atoms with van der Waals surface area (Å²) in [5, 5.41) is -0.0547. The van der Waals surface area contributed by atoms with Crippen LogP contribution in [-0.4, -0.2) is 37.1 Å². The maximum absolute atomic E-state index is 14.3. The second-order valence-corrected chi connectivity index (χ2v) is 6.07. The fourth-order valence-corrected chi connectivity index (χ4v) is 2.55. The largest absolute Gasteiger partial charge is 0.397 e. The third-order valence-corrected chi connectivity index (χ3v) is 4.26. The predicted molar refractivity (Wildman–Crippen MR) is 79.2 cm³/mol. The normalized spacial score (nSPS) is 19.7.